The van der Waals surface area contributed by atoms with Crippen molar-refractivity contribution in [1.82, 2.24) is 0 Å². The van der Waals surface area contributed by atoms with E-state index in [0.29, 0.717) is 11.1 Å². The molecule has 1 amide bonds. The monoisotopic (exact) mass is 465 g/mol. The van der Waals surface area contributed by atoms with Crippen LogP contribution < -0.4 is 4.90 Å². The summed E-state index contributed by atoms with van der Waals surface area (Å²) in [6, 6.07) is 16.6. The van der Waals surface area contributed by atoms with Gasteiger partial charge in [0.25, 0.3) is 5.91 Å². The smallest absolute Gasteiger partial charge is 0.326 e. The van der Waals surface area contributed by atoms with Gasteiger partial charge >= 0.3 is 5.97 Å². The lowest BCUT2D eigenvalue weighted by Gasteiger charge is -2.26. The first-order valence-electron chi connectivity index (χ1n) is 10.7. The number of ketones is 1. The molecule has 0 aliphatic heterocycles. The van der Waals surface area contributed by atoms with Crippen LogP contribution in [0.1, 0.15) is 48.4 Å². The minimum atomic E-state index is -1.03. The Morgan fingerprint density at radius 1 is 0.853 bits per heavy atom. The van der Waals surface area contributed by atoms with Crippen LogP contribution >= 0.6 is 0 Å². The molecule has 0 bridgehead atoms. The van der Waals surface area contributed by atoms with Gasteiger partial charge in [0.05, 0.1) is 0 Å². The number of anilines is 1. The minimum absolute atomic E-state index is 0.0682. The average molecular weight is 465 g/mol. The molecule has 0 aliphatic carbocycles. The number of nitrogens with zero attached hydrogens (tertiary/aromatic N) is 1. The highest BCUT2D eigenvalue weighted by Crippen LogP contribution is 2.27. The molecule has 3 aromatic rings. The summed E-state index contributed by atoms with van der Waals surface area (Å²) in [6.07, 6.45) is 0. The number of carbonyl (C=O) groups excluding carboxylic acids is 3. The van der Waals surface area contributed by atoms with Crippen molar-refractivity contribution in [1.29, 1.82) is 0 Å². The third-order valence-corrected chi connectivity index (χ3v) is 4.91. The first kappa shape index (κ1) is 24.8. The Balaban J connectivity index is 2.04. The van der Waals surface area contributed by atoms with Gasteiger partial charge in [-0.1, -0.05) is 42.5 Å². The van der Waals surface area contributed by atoms with Crippen LogP contribution in [-0.4, -0.2) is 29.8 Å². The van der Waals surface area contributed by atoms with Gasteiger partial charge in [-0.2, -0.15) is 0 Å². The number of hydrogen-bond acceptors (Lipinski definition) is 4. The Morgan fingerprint density at radius 3 is 2.00 bits per heavy atom. The molecule has 0 radical (unpaired) electrons. The van der Waals surface area contributed by atoms with Crippen LogP contribution in [0.4, 0.5) is 14.5 Å². The molecule has 0 N–H and O–H groups in total. The molecular formula is C27H25F2NO4. The zero-order valence-electron chi connectivity index (χ0n) is 19.4. The van der Waals surface area contributed by atoms with Crippen LogP contribution in [0.25, 0.3) is 11.1 Å². The van der Waals surface area contributed by atoms with E-state index in [1.165, 1.54) is 6.92 Å². The van der Waals surface area contributed by atoms with Gasteiger partial charge in [0.2, 0.25) is 0 Å². The van der Waals surface area contributed by atoms with E-state index in [9.17, 15) is 23.2 Å². The molecule has 0 heterocycles. The highest BCUT2D eigenvalue weighted by molar-refractivity contribution is 6.09. The van der Waals surface area contributed by atoms with Crippen LogP contribution in [-0.2, 0) is 9.53 Å². The molecule has 0 unspecified atom stereocenters. The highest BCUT2D eigenvalue weighted by atomic mass is 19.1. The van der Waals surface area contributed by atoms with Crippen molar-refractivity contribution >= 4 is 23.3 Å². The first-order chi connectivity index (χ1) is 16.0. The fourth-order valence-corrected chi connectivity index (χ4v) is 3.37. The van der Waals surface area contributed by atoms with Crippen LogP contribution in [0.2, 0.25) is 0 Å². The fourth-order valence-electron chi connectivity index (χ4n) is 3.37. The molecule has 7 heteroatoms. The molecule has 5 nitrogen and oxygen atoms in total. The van der Waals surface area contributed by atoms with Gasteiger partial charge in [0.15, 0.2) is 5.78 Å². The average Bonchev–Trinajstić information content (AvgIpc) is 2.76. The van der Waals surface area contributed by atoms with Crippen molar-refractivity contribution < 1.29 is 27.9 Å². The van der Waals surface area contributed by atoms with Gasteiger partial charge in [-0.3, -0.25) is 19.3 Å². The van der Waals surface area contributed by atoms with Crippen molar-refractivity contribution in [3.63, 3.8) is 0 Å². The molecule has 3 aromatic carbocycles. The summed E-state index contributed by atoms with van der Waals surface area (Å²) in [5.74, 6) is -3.87. The number of benzene rings is 3. The molecule has 0 saturated heterocycles. The van der Waals surface area contributed by atoms with E-state index in [4.69, 9.17) is 4.74 Å². The van der Waals surface area contributed by atoms with E-state index in [-0.39, 0.29) is 11.5 Å². The summed E-state index contributed by atoms with van der Waals surface area (Å²) in [6.45, 7) is 5.96. The normalized spacial score (nSPS) is 11.1. The zero-order valence-corrected chi connectivity index (χ0v) is 19.4. The van der Waals surface area contributed by atoms with Gasteiger partial charge in [0, 0.05) is 11.3 Å². The second-order valence-electron chi connectivity index (χ2n) is 8.76. The van der Waals surface area contributed by atoms with Crippen molar-refractivity contribution in [2.75, 3.05) is 11.4 Å². The molecule has 0 aromatic heterocycles. The Kier molecular flexibility index (Phi) is 7.25. The number of hydrogen-bond donors (Lipinski definition) is 0. The third kappa shape index (κ3) is 5.92. The van der Waals surface area contributed by atoms with Gasteiger partial charge in [-0.05, 0) is 63.1 Å². The summed E-state index contributed by atoms with van der Waals surface area (Å²) >= 11 is 0. The molecule has 0 spiro atoms. The number of ether oxygens (including phenoxy) is 1. The number of Topliss-reactive ketones (excluding diaryl/α,β-unsaturated/α-hetero) is 1. The van der Waals surface area contributed by atoms with E-state index in [1.807, 2.05) is 0 Å². The molecule has 0 fully saturated rings. The molecule has 0 atom stereocenters. The van der Waals surface area contributed by atoms with Crippen LogP contribution in [0.15, 0.2) is 66.7 Å². The van der Waals surface area contributed by atoms with Crippen molar-refractivity contribution in [3.05, 3.63) is 89.5 Å². The molecule has 0 aliphatic rings. The number of esters is 1. The number of rotatable bonds is 6. The Bertz CT molecular complexity index is 1210. The molecule has 3 rings (SSSR count). The fraction of sp³-hybridized carbons (Fsp3) is 0.222. The van der Waals surface area contributed by atoms with Crippen molar-refractivity contribution in [2.45, 2.75) is 33.3 Å². The first-order valence-corrected chi connectivity index (χ1v) is 10.7. The van der Waals surface area contributed by atoms with Gasteiger partial charge in [0.1, 0.15) is 29.3 Å². The third-order valence-electron chi connectivity index (χ3n) is 4.91. The van der Waals surface area contributed by atoms with E-state index in [2.05, 4.69) is 0 Å². The predicted octanol–water partition coefficient (Wildman–Crippen LogP) is 5.82. The van der Waals surface area contributed by atoms with Gasteiger partial charge < -0.3 is 4.74 Å². The Morgan fingerprint density at radius 2 is 1.44 bits per heavy atom. The second-order valence-corrected chi connectivity index (χ2v) is 8.76. The molecule has 176 valence electrons. The predicted molar refractivity (Wildman–Crippen MR) is 126 cm³/mol. The highest BCUT2D eigenvalue weighted by Gasteiger charge is 2.28. The number of halogens is 2. The SMILES string of the molecule is CC(=O)c1ccc(-c2cccc(N(CC(=O)OC(C)(C)C)C(=O)c3c(F)cccc3F)c2)cc1. The van der Waals surface area contributed by atoms with E-state index in [1.54, 1.807) is 69.3 Å². The summed E-state index contributed by atoms with van der Waals surface area (Å²) in [5.41, 5.74) is 0.679. The van der Waals surface area contributed by atoms with Crippen LogP contribution in [0, 0.1) is 11.6 Å². The van der Waals surface area contributed by atoms with Gasteiger partial charge in [-0.15, -0.1) is 0 Å². The maximum atomic E-state index is 14.4. The summed E-state index contributed by atoms with van der Waals surface area (Å²) in [7, 11) is 0. The summed E-state index contributed by atoms with van der Waals surface area (Å²) < 4.78 is 34.1. The Labute approximate surface area is 197 Å². The van der Waals surface area contributed by atoms with E-state index >= 15 is 0 Å². The maximum Gasteiger partial charge on any atom is 0.326 e. The summed E-state index contributed by atoms with van der Waals surface area (Å²) in [5, 5.41) is 0. The lowest BCUT2D eigenvalue weighted by Crippen LogP contribution is -2.39. The Hall–Kier alpha value is -3.87. The van der Waals surface area contributed by atoms with Crippen molar-refractivity contribution in [3.8, 4) is 11.1 Å². The van der Waals surface area contributed by atoms with Crippen LogP contribution in [0.5, 0.6) is 0 Å². The largest absolute Gasteiger partial charge is 0.459 e. The second kappa shape index (κ2) is 9.95. The van der Waals surface area contributed by atoms with Crippen LogP contribution in [0.3, 0.4) is 0 Å². The molecule has 0 saturated carbocycles. The number of carbonyl (C=O) groups is 3. The summed E-state index contributed by atoms with van der Waals surface area (Å²) in [4.78, 5) is 38.4. The molecule has 34 heavy (non-hydrogen) atoms. The lowest BCUT2D eigenvalue weighted by atomic mass is 10.0. The van der Waals surface area contributed by atoms with Crippen molar-refractivity contribution in [2.24, 2.45) is 0 Å². The standard InChI is InChI=1S/C27H25F2NO4/c1-17(31)18-11-13-19(14-12-18)20-7-5-8-21(15-20)30(16-24(32)34-27(2,3)4)26(33)25-22(28)9-6-10-23(25)29/h5-15H,16H2,1-4H3. The quantitative estimate of drug-likeness (QED) is 0.340. The number of amides is 1. The minimum Gasteiger partial charge on any atom is -0.459 e. The van der Waals surface area contributed by atoms with E-state index < -0.39 is 41.2 Å². The van der Waals surface area contributed by atoms with Gasteiger partial charge in [-0.25, -0.2) is 8.78 Å². The zero-order chi connectivity index (χ0) is 25.0. The molecular weight excluding hydrogens is 440 g/mol. The van der Waals surface area contributed by atoms with E-state index in [0.717, 1.165) is 28.7 Å². The lowest BCUT2D eigenvalue weighted by molar-refractivity contribution is -0.152. The maximum absolute atomic E-state index is 14.4. The topological polar surface area (TPSA) is 63.7 Å².